The van der Waals surface area contributed by atoms with E-state index in [1.165, 1.54) is 22.0 Å². The molecule has 1 aliphatic carbocycles. The van der Waals surface area contributed by atoms with Crippen LogP contribution in [-0.4, -0.2) is 32.8 Å². The van der Waals surface area contributed by atoms with E-state index in [2.05, 4.69) is 10.2 Å². The summed E-state index contributed by atoms with van der Waals surface area (Å²) in [6, 6.07) is 15.0. The maximum atomic E-state index is 13.2. The summed E-state index contributed by atoms with van der Waals surface area (Å²) >= 11 is 0. The molecular formula is C26H20N4O3. The van der Waals surface area contributed by atoms with Gasteiger partial charge in [0.2, 0.25) is 0 Å². The summed E-state index contributed by atoms with van der Waals surface area (Å²) in [6.45, 7) is 3.73. The van der Waals surface area contributed by atoms with E-state index in [1.54, 1.807) is 19.1 Å². The zero-order valence-electron chi connectivity index (χ0n) is 18.2. The van der Waals surface area contributed by atoms with Crippen molar-refractivity contribution < 1.29 is 9.59 Å². The molecule has 7 heteroatoms. The Labute approximate surface area is 188 Å². The first kappa shape index (κ1) is 19.4. The van der Waals surface area contributed by atoms with E-state index in [9.17, 15) is 14.4 Å². The second-order valence-electron chi connectivity index (χ2n) is 8.59. The van der Waals surface area contributed by atoms with E-state index >= 15 is 0 Å². The third-order valence-corrected chi connectivity index (χ3v) is 6.55. The van der Waals surface area contributed by atoms with Crippen LogP contribution in [0, 0.1) is 13.8 Å². The lowest BCUT2D eigenvalue weighted by Gasteiger charge is -2.23. The summed E-state index contributed by atoms with van der Waals surface area (Å²) in [4.78, 5) is 39.4. The number of carbonyl (C=O) groups is 2. The van der Waals surface area contributed by atoms with E-state index in [0.717, 1.165) is 34.2 Å². The first-order valence-corrected chi connectivity index (χ1v) is 10.8. The second kappa shape index (κ2) is 6.87. The standard InChI is InChI=1S/C26H20N4O3/c1-14-3-9-18(10-4-14)29-26(33)21(15(2)28-29)13-27-30-24(31)19-11-7-16-5-6-17-8-12-20(25(30)32)23(19)22(16)17/h3-4,7-13,28H,5-6H2,1-2H3/b27-13+. The number of carbonyl (C=O) groups excluding carboxylic acids is 2. The van der Waals surface area contributed by atoms with Gasteiger partial charge in [0.25, 0.3) is 17.4 Å². The zero-order valence-corrected chi connectivity index (χ0v) is 18.2. The Morgan fingerprint density at radius 3 is 2.03 bits per heavy atom. The van der Waals surface area contributed by atoms with Gasteiger partial charge in [-0.2, -0.15) is 10.1 Å². The minimum absolute atomic E-state index is 0.288. The maximum absolute atomic E-state index is 13.2. The molecule has 1 N–H and O–H groups in total. The van der Waals surface area contributed by atoms with Crippen molar-refractivity contribution in [2.75, 3.05) is 0 Å². The fraction of sp³-hybridized carbons (Fsp3) is 0.154. The quantitative estimate of drug-likeness (QED) is 0.393. The molecule has 0 spiro atoms. The van der Waals surface area contributed by atoms with Gasteiger partial charge in [0.15, 0.2) is 0 Å². The molecule has 7 nitrogen and oxygen atoms in total. The van der Waals surface area contributed by atoms with Gasteiger partial charge in [0, 0.05) is 11.1 Å². The molecule has 2 heterocycles. The summed E-state index contributed by atoms with van der Waals surface area (Å²) in [5, 5.41) is 9.82. The Hall–Kier alpha value is -4.26. The van der Waals surface area contributed by atoms with E-state index in [-0.39, 0.29) is 11.1 Å². The third kappa shape index (κ3) is 2.75. The molecule has 2 amide bonds. The van der Waals surface area contributed by atoms with Gasteiger partial charge in [-0.25, -0.2) is 4.68 Å². The number of hydrogen-bond acceptors (Lipinski definition) is 4. The van der Waals surface area contributed by atoms with Crippen molar-refractivity contribution in [1.82, 2.24) is 14.8 Å². The summed E-state index contributed by atoms with van der Waals surface area (Å²) < 4.78 is 1.42. The van der Waals surface area contributed by atoms with Crippen molar-refractivity contribution >= 4 is 28.8 Å². The number of H-pyrrole nitrogens is 1. The highest BCUT2D eigenvalue weighted by Gasteiger charge is 2.35. The van der Waals surface area contributed by atoms with Crippen molar-refractivity contribution in [1.29, 1.82) is 0 Å². The van der Waals surface area contributed by atoms with E-state index in [0.29, 0.717) is 22.5 Å². The Kier molecular flexibility index (Phi) is 4.04. The molecule has 0 atom stereocenters. The van der Waals surface area contributed by atoms with Crippen molar-refractivity contribution in [2.45, 2.75) is 26.7 Å². The van der Waals surface area contributed by atoms with Crippen LogP contribution in [0.25, 0.3) is 16.5 Å². The number of rotatable bonds is 3. The highest BCUT2D eigenvalue weighted by atomic mass is 16.2. The Bertz CT molecular complexity index is 1530. The van der Waals surface area contributed by atoms with Crippen LogP contribution in [0.15, 0.2) is 58.4 Å². The molecule has 6 rings (SSSR count). The van der Waals surface area contributed by atoms with Gasteiger partial charge in [-0.15, -0.1) is 0 Å². The molecule has 2 aliphatic rings. The van der Waals surface area contributed by atoms with Crippen LogP contribution in [0.2, 0.25) is 0 Å². The lowest BCUT2D eigenvalue weighted by Crippen LogP contribution is -2.36. The van der Waals surface area contributed by atoms with E-state index < -0.39 is 11.8 Å². The molecule has 0 bridgehead atoms. The third-order valence-electron chi connectivity index (χ3n) is 6.55. The molecule has 3 aromatic carbocycles. The summed E-state index contributed by atoms with van der Waals surface area (Å²) in [5.41, 5.74) is 5.61. The second-order valence-corrected chi connectivity index (χ2v) is 8.59. The van der Waals surface area contributed by atoms with Gasteiger partial charge in [0.1, 0.15) is 0 Å². The van der Waals surface area contributed by atoms with Crippen LogP contribution in [0.4, 0.5) is 0 Å². The first-order chi connectivity index (χ1) is 15.9. The van der Waals surface area contributed by atoms with Crippen LogP contribution < -0.4 is 5.56 Å². The van der Waals surface area contributed by atoms with Gasteiger partial charge in [-0.1, -0.05) is 29.8 Å². The fourth-order valence-electron chi connectivity index (χ4n) is 4.81. The van der Waals surface area contributed by atoms with Gasteiger partial charge in [0.05, 0.1) is 28.6 Å². The molecule has 162 valence electrons. The summed E-state index contributed by atoms with van der Waals surface area (Å²) in [7, 11) is 0. The van der Waals surface area contributed by atoms with E-state index in [1.807, 2.05) is 43.3 Å². The Morgan fingerprint density at radius 1 is 0.818 bits per heavy atom. The molecule has 4 aromatic rings. The van der Waals surface area contributed by atoms with Crippen molar-refractivity contribution in [3.63, 3.8) is 0 Å². The number of benzene rings is 3. The highest BCUT2D eigenvalue weighted by molar-refractivity contribution is 6.26. The largest absolute Gasteiger partial charge is 0.295 e. The number of aromatic amines is 1. The highest BCUT2D eigenvalue weighted by Crippen LogP contribution is 2.38. The summed E-state index contributed by atoms with van der Waals surface area (Å²) in [6.07, 6.45) is 3.12. The molecule has 0 fully saturated rings. The minimum Gasteiger partial charge on any atom is -0.295 e. The molecule has 1 aliphatic heterocycles. The van der Waals surface area contributed by atoms with E-state index in [4.69, 9.17) is 0 Å². The summed E-state index contributed by atoms with van der Waals surface area (Å²) in [5.74, 6) is -0.960. The predicted octanol–water partition coefficient (Wildman–Crippen LogP) is 3.66. The molecule has 1 aromatic heterocycles. The van der Waals surface area contributed by atoms with Crippen LogP contribution in [0.5, 0.6) is 0 Å². The van der Waals surface area contributed by atoms with Crippen LogP contribution in [-0.2, 0) is 12.8 Å². The number of hydrogen-bond donors (Lipinski definition) is 1. The van der Waals surface area contributed by atoms with Gasteiger partial charge < -0.3 is 0 Å². The lowest BCUT2D eigenvalue weighted by molar-refractivity contribution is 0.0616. The molecule has 0 saturated heterocycles. The molecule has 33 heavy (non-hydrogen) atoms. The zero-order chi connectivity index (χ0) is 22.9. The van der Waals surface area contributed by atoms with Crippen LogP contribution >= 0.6 is 0 Å². The number of aryl methyl sites for hydroxylation is 4. The number of aromatic nitrogens is 2. The Balaban J connectivity index is 1.41. The van der Waals surface area contributed by atoms with Crippen LogP contribution in [0.1, 0.15) is 48.7 Å². The van der Waals surface area contributed by atoms with Crippen LogP contribution in [0.3, 0.4) is 0 Å². The number of nitrogens with one attached hydrogen (secondary N) is 1. The molecule has 0 unspecified atom stereocenters. The number of nitrogens with zero attached hydrogens (tertiary/aromatic N) is 3. The van der Waals surface area contributed by atoms with Gasteiger partial charge in [-0.3, -0.25) is 19.5 Å². The number of hydrazone groups is 1. The SMILES string of the molecule is Cc1ccc(-n2[nH]c(C)c(/C=N/N3C(=O)c4ccc5c6c(ccc(c46)C3=O)CC5)c2=O)cc1. The van der Waals surface area contributed by atoms with Gasteiger partial charge in [-0.05, 0) is 67.5 Å². The predicted molar refractivity (Wildman–Crippen MR) is 125 cm³/mol. The first-order valence-electron chi connectivity index (χ1n) is 10.8. The topological polar surface area (TPSA) is 87.5 Å². The molecule has 0 saturated carbocycles. The van der Waals surface area contributed by atoms with Gasteiger partial charge >= 0.3 is 0 Å². The average molecular weight is 436 g/mol. The fourth-order valence-corrected chi connectivity index (χ4v) is 4.81. The lowest BCUT2D eigenvalue weighted by atomic mass is 9.92. The van der Waals surface area contributed by atoms with Crippen molar-refractivity contribution in [3.8, 4) is 5.69 Å². The molecule has 0 radical (unpaired) electrons. The van der Waals surface area contributed by atoms with Crippen molar-refractivity contribution in [2.24, 2.45) is 5.10 Å². The normalized spacial score (nSPS) is 14.8. The maximum Gasteiger partial charge on any atom is 0.282 e. The average Bonchev–Trinajstić information content (AvgIpc) is 3.36. The minimum atomic E-state index is -0.480. The smallest absolute Gasteiger partial charge is 0.282 e. The monoisotopic (exact) mass is 436 g/mol. The number of amides is 2. The molecular weight excluding hydrogens is 416 g/mol. The number of imide groups is 1. The van der Waals surface area contributed by atoms with Crippen molar-refractivity contribution in [3.05, 3.63) is 98.0 Å². The Morgan fingerprint density at radius 2 is 1.42 bits per heavy atom.